The Morgan fingerprint density at radius 2 is 1.80 bits per heavy atom. The number of halogens is 2. The van der Waals surface area contributed by atoms with Gasteiger partial charge in [-0.05, 0) is 50.8 Å². The van der Waals surface area contributed by atoms with Crippen LogP contribution in [-0.2, 0) is 9.59 Å². The smallest absolute Gasteiger partial charge is 0.248 e. The summed E-state index contributed by atoms with van der Waals surface area (Å²) in [6.07, 6.45) is 3.83. The van der Waals surface area contributed by atoms with Crippen LogP contribution in [0.1, 0.15) is 45.1 Å². The maximum atomic E-state index is 12.2. The van der Waals surface area contributed by atoms with Crippen LogP contribution in [0, 0.1) is 11.3 Å². The number of anilines is 1. The number of carbonyl (C=O) groups excluding carboxylic acids is 2. The number of hydrogen-bond donors (Lipinski definition) is 2. The molecule has 1 aromatic rings. The van der Waals surface area contributed by atoms with E-state index < -0.39 is 5.41 Å². The van der Waals surface area contributed by atoms with Crippen LogP contribution in [0.15, 0.2) is 29.4 Å². The van der Waals surface area contributed by atoms with Crippen LogP contribution in [0.2, 0.25) is 0 Å². The lowest BCUT2D eigenvalue weighted by molar-refractivity contribution is -0.125. The first-order valence-electron chi connectivity index (χ1n) is 8.37. The standard InChI is InChI=1S/C18H21Br2N3O2/c1-11(22-23-16(25)17(2)10-18(17,19)20)12-6-8-14(9-7-12)21-15(24)13-4-3-5-13/h6-9,13H,3-5,10H2,1-2H3,(H,21,24)(H,23,25)/t17-/m1/s1. The van der Waals surface area contributed by atoms with Crippen LogP contribution in [-0.4, -0.2) is 20.8 Å². The fraction of sp³-hybridized carbons (Fsp3) is 0.500. The van der Waals surface area contributed by atoms with Gasteiger partial charge in [0.25, 0.3) is 0 Å². The van der Waals surface area contributed by atoms with Gasteiger partial charge in [-0.1, -0.05) is 50.4 Å². The summed E-state index contributed by atoms with van der Waals surface area (Å²) in [5.41, 5.74) is 4.53. The molecule has 0 heterocycles. The van der Waals surface area contributed by atoms with Crippen molar-refractivity contribution in [2.24, 2.45) is 16.4 Å². The molecule has 0 spiro atoms. The minimum Gasteiger partial charge on any atom is -0.326 e. The zero-order valence-electron chi connectivity index (χ0n) is 14.2. The fourth-order valence-corrected chi connectivity index (χ4v) is 4.16. The summed E-state index contributed by atoms with van der Waals surface area (Å²) >= 11 is 6.96. The molecule has 2 amide bonds. The summed E-state index contributed by atoms with van der Waals surface area (Å²) in [6, 6.07) is 7.49. The van der Waals surface area contributed by atoms with Gasteiger partial charge in [0.15, 0.2) is 0 Å². The molecule has 0 unspecified atom stereocenters. The minimum atomic E-state index is -0.494. The lowest BCUT2D eigenvalue weighted by atomic mass is 9.85. The van der Waals surface area contributed by atoms with Gasteiger partial charge in [-0.3, -0.25) is 9.59 Å². The van der Waals surface area contributed by atoms with Crippen LogP contribution in [0.3, 0.4) is 0 Å². The van der Waals surface area contributed by atoms with Crippen molar-refractivity contribution < 1.29 is 9.59 Å². The van der Waals surface area contributed by atoms with Crippen LogP contribution in [0.4, 0.5) is 5.69 Å². The number of hydrazone groups is 1. The Hall–Kier alpha value is -1.21. The van der Waals surface area contributed by atoms with E-state index in [1.54, 1.807) is 0 Å². The van der Waals surface area contributed by atoms with E-state index in [0.717, 1.165) is 36.9 Å². The van der Waals surface area contributed by atoms with Gasteiger partial charge < -0.3 is 5.32 Å². The second kappa shape index (κ2) is 6.83. The molecule has 134 valence electrons. The Labute approximate surface area is 164 Å². The summed E-state index contributed by atoms with van der Waals surface area (Å²) in [6.45, 7) is 3.73. The molecule has 7 heteroatoms. The quantitative estimate of drug-likeness (QED) is 0.385. The van der Waals surface area contributed by atoms with Gasteiger partial charge in [0.1, 0.15) is 0 Å². The van der Waals surface area contributed by atoms with E-state index in [4.69, 9.17) is 0 Å². The van der Waals surface area contributed by atoms with Crippen molar-refractivity contribution in [1.82, 2.24) is 5.43 Å². The predicted molar refractivity (Wildman–Crippen MR) is 106 cm³/mol. The highest BCUT2D eigenvalue weighted by molar-refractivity contribution is 9.25. The number of amides is 2. The molecule has 2 fully saturated rings. The summed E-state index contributed by atoms with van der Waals surface area (Å²) < 4.78 is -0.333. The molecule has 5 nitrogen and oxygen atoms in total. The summed E-state index contributed by atoms with van der Waals surface area (Å²) in [4.78, 5) is 24.2. The Balaban J connectivity index is 1.57. The molecule has 3 rings (SSSR count). The lowest BCUT2D eigenvalue weighted by Crippen LogP contribution is -2.30. The van der Waals surface area contributed by atoms with Crippen LogP contribution in [0.25, 0.3) is 0 Å². The summed E-state index contributed by atoms with van der Waals surface area (Å²) in [5.74, 6) is 0.144. The Kier molecular flexibility index (Phi) is 5.08. The van der Waals surface area contributed by atoms with E-state index in [2.05, 4.69) is 47.7 Å². The monoisotopic (exact) mass is 469 g/mol. The third-order valence-corrected chi connectivity index (χ3v) is 7.44. The normalized spacial score (nSPS) is 25.0. The molecular formula is C18H21Br2N3O2. The first-order chi connectivity index (χ1) is 11.7. The van der Waals surface area contributed by atoms with Crippen molar-refractivity contribution >= 4 is 55.1 Å². The number of carbonyl (C=O) groups is 2. The lowest BCUT2D eigenvalue weighted by Gasteiger charge is -2.24. The first-order valence-corrected chi connectivity index (χ1v) is 9.95. The van der Waals surface area contributed by atoms with Crippen molar-refractivity contribution in [2.75, 3.05) is 5.32 Å². The third kappa shape index (κ3) is 3.82. The molecule has 0 bridgehead atoms. The Bertz CT molecular complexity index is 726. The summed E-state index contributed by atoms with van der Waals surface area (Å²) in [7, 11) is 0. The zero-order valence-corrected chi connectivity index (χ0v) is 17.4. The molecule has 2 aliphatic rings. The van der Waals surface area contributed by atoms with E-state index in [-0.39, 0.29) is 21.0 Å². The second-order valence-corrected chi connectivity index (χ2v) is 10.8. The van der Waals surface area contributed by atoms with Crippen LogP contribution in [0.5, 0.6) is 0 Å². The van der Waals surface area contributed by atoms with Crippen LogP contribution < -0.4 is 10.7 Å². The van der Waals surface area contributed by atoms with Gasteiger partial charge in [0, 0.05) is 11.6 Å². The van der Waals surface area contributed by atoms with Crippen molar-refractivity contribution in [3.63, 3.8) is 0 Å². The first kappa shape index (κ1) is 18.6. The highest BCUT2D eigenvalue weighted by Gasteiger charge is 2.66. The maximum absolute atomic E-state index is 12.2. The predicted octanol–water partition coefficient (Wildman–Crippen LogP) is 4.16. The third-order valence-electron chi connectivity index (χ3n) is 5.13. The topological polar surface area (TPSA) is 70.6 Å². The largest absolute Gasteiger partial charge is 0.326 e. The SMILES string of the molecule is CC(=NNC(=O)[C@@]1(C)CC1(Br)Br)c1ccc(NC(=O)C2CCC2)cc1. The van der Waals surface area contributed by atoms with Gasteiger partial charge >= 0.3 is 0 Å². The molecular weight excluding hydrogens is 450 g/mol. The minimum absolute atomic E-state index is 0.0994. The molecule has 2 aliphatic carbocycles. The Morgan fingerprint density at radius 3 is 2.28 bits per heavy atom. The Morgan fingerprint density at radius 1 is 1.20 bits per heavy atom. The zero-order chi connectivity index (χ0) is 18.2. The van der Waals surface area contributed by atoms with Crippen molar-refractivity contribution in [2.45, 2.75) is 42.8 Å². The summed E-state index contributed by atoms with van der Waals surface area (Å²) in [5, 5.41) is 7.13. The highest BCUT2D eigenvalue weighted by Crippen LogP contribution is 2.66. The number of alkyl halides is 2. The molecule has 2 saturated carbocycles. The van der Waals surface area contributed by atoms with Gasteiger partial charge in [-0.15, -0.1) is 0 Å². The number of nitrogens with zero attached hydrogens (tertiary/aromatic N) is 1. The molecule has 0 saturated heterocycles. The van der Waals surface area contributed by atoms with Crippen molar-refractivity contribution in [3.05, 3.63) is 29.8 Å². The second-order valence-electron chi connectivity index (χ2n) is 7.05. The highest BCUT2D eigenvalue weighted by atomic mass is 79.9. The van der Waals surface area contributed by atoms with Gasteiger partial charge in [0.2, 0.25) is 11.8 Å². The van der Waals surface area contributed by atoms with Crippen molar-refractivity contribution in [3.8, 4) is 0 Å². The van der Waals surface area contributed by atoms with E-state index >= 15 is 0 Å². The van der Waals surface area contributed by atoms with E-state index in [1.165, 1.54) is 0 Å². The van der Waals surface area contributed by atoms with Crippen LogP contribution >= 0.6 is 31.9 Å². The maximum Gasteiger partial charge on any atom is 0.248 e. The number of nitrogens with one attached hydrogen (secondary N) is 2. The average Bonchev–Trinajstić information content (AvgIpc) is 3.03. The van der Waals surface area contributed by atoms with Gasteiger partial charge in [0.05, 0.1) is 14.4 Å². The fourth-order valence-electron chi connectivity index (χ4n) is 2.68. The average molecular weight is 471 g/mol. The molecule has 0 aliphatic heterocycles. The number of benzene rings is 1. The molecule has 0 radical (unpaired) electrons. The van der Waals surface area contributed by atoms with E-state index in [1.807, 2.05) is 38.1 Å². The molecule has 2 N–H and O–H groups in total. The molecule has 1 atom stereocenters. The van der Waals surface area contributed by atoms with Gasteiger partial charge in [-0.25, -0.2) is 5.43 Å². The van der Waals surface area contributed by atoms with E-state index in [9.17, 15) is 9.59 Å². The number of rotatable bonds is 5. The van der Waals surface area contributed by atoms with E-state index in [0.29, 0.717) is 5.71 Å². The molecule has 25 heavy (non-hydrogen) atoms. The number of hydrogen-bond acceptors (Lipinski definition) is 3. The molecule has 1 aromatic carbocycles. The molecule has 0 aromatic heterocycles. The van der Waals surface area contributed by atoms with Crippen molar-refractivity contribution in [1.29, 1.82) is 0 Å². The van der Waals surface area contributed by atoms with Gasteiger partial charge in [-0.2, -0.15) is 5.10 Å².